The quantitative estimate of drug-likeness (QED) is 0.804. The van der Waals surface area contributed by atoms with E-state index in [0.717, 1.165) is 11.1 Å². The van der Waals surface area contributed by atoms with E-state index in [0.29, 0.717) is 30.9 Å². The minimum Gasteiger partial charge on any atom is -0.508 e. The van der Waals surface area contributed by atoms with Crippen LogP contribution in [0.4, 0.5) is 0 Å². The molecule has 0 saturated carbocycles. The molecule has 2 aromatic rings. The fourth-order valence-electron chi connectivity index (χ4n) is 3.38. The van der Waals surface area contributed by atoms with Crippen LogP contribution in [0.5, 0.6) is 11.5 Å². The van der Waals surface area contributed by atoms with Gasteiger partial charge in [-0.05, 0) is 41.8 Å². The van der Waals surface area contributed by atoms with Gasteiger partial charge in [-0.3, -0.25) is 19.7 Å². The molecule has 0 radical (unpaired) electrons. The summed E-state index contributed by atoms with van der Waals surface area (Å²) in [5.41, 5.74) is 2.24. The lowest BCUT2D eigenvalue weighted by molar-refractivity contribution is -0.136. The van der Waals surface area contributed by atoms with Gasteiger partial charge in [0, 0.05) is 18.5 Å². The van der Waals surface area contributed by atoms with E-state index in [2.05, 4.69) is 5.32 Å². The van der Waals surface area contributed by atoms with Crippen molar-refractivity contribution in [1.29, 1.82) is 0 Å². The molecule has 4 rings (SSSR count). The van der Waals surface area contributed by atoms with E-state index >= 15 is 0 Å². The second-order valence-corrected chi connectivity index (χ2v) is 6.67. The number of phenolic OH excluding ortho intramolecular Hbond substituents is 1. The molecule has 2 aromatic carbocycles. The number of benzene rings is 2. The average molecular weight is 366 g/mol. The second kappa shape index (κ2) is 6.75. The van der Waals surface area contributed by atoms with Crippen LogP contribution in [0.15, 0.2) is 42.5 Å². The third-order valence-corrected chi connectivity index (χ3v) is 4.84. The predicted octanol–water partition coefficient (Wildman–Crippen LogP) is 1.73. The number of aromatic hydroxyl groups is 1. The number of amides is 3. The van der Waals surface area contributed by atoms with Crippen molar-refractivity contribution < 1.29 is 24.2 Å². The van der Waals surface area contributed by atoms with Crippen LogP contribution in [0.25, 0.3) is 0 Å². The Morgan fingerprint density at radius 1 is 1.11 bits per heavy atom. The summed E-state index contributed by atoms with van der Waals surface area (Å²) in [4.78, 5) is 37.7. The first-order chi connectivity index (χ1) is 13.0. The number of piperidine rings is 1. The Morgan fingerprint density at radius 2 is 1.89 bits per heavy atom. The van der Waals surface area contributed by atoms with Gasteiger partial charge in [0.2, 0.25) is 11.8 Å². The Kier molecular flexibility index (Phi) is 4.27. The molecule has 0 bridgehead atoms. The van der Waals surface area contributed by atoms with Crippen molar-refractivity contribution in [3.8, 4) is 11.5 Å². The van der Waals surface area contributed by atoms with Crippen molar-refractivity contribution in [3.63, 3.8) is 0 Å². The maximum absolute atomic E-state index is 12.8. The second-order valence-electron chi connectivity index (χ2n) is 6.67. The van der Waals surface area contributed by atoms with Crippen molar-refractivity contribution in [1.82, 2.24) is 10.2 Å². The monoisotopic (exact) mass is 366 g/mol. The van der Waals surface area contributed by atoms with Gasteiger partial charge in [-0.1, -0.05) is 18.2 Å². The van der Waals surface area contributed by atoms with Crippen molar-refractivity contribution in [2.24, 2.45) is 0 Å². The topological polar surface area (TPSA) is 95.9 Å². The van der Waals surface area contributed by atoms with Crippen molar-refractivity contribution in [2.75, 3.05) is 0 Å². The molecule has 2 aliphatic rings. The largest absolute Gasteiger partial charge is 0.508 e. The Bertz CT molecular complexity index is 922. The highest BCUT2D eigenvalue weighted by atomic mass is 16.5. The maximum atomic E-state index is 12.8. The Morgan fingerprint density at radius 3 is 2.63 bits per heavy atom. The first kappa shape index (κ1) is 17.1. The zero-order chi connectivity index (χ0) is 19.0. The SMILES string of the molecule is O=C1CCC(N2Cc3ccc(OCc4ccc(O)cc4)cc3C2=O)C(=O)N1. The van der Waals surface area contributed by atoms with Gasteiger partial charge in [0.1, 0.15) is 24.1 Å². The molecule has 7 heteroatoms. The molecule has 2 aliphatic heterocycles. The third kappa shape index (κ3) is 3.36. The van der Waals surface area contributed by atoms with Crippen LogP contribution in [-0.2, 0) is 22.7 Å². The van der Waals surface area contributed by atoms with Crippen LogP contribution < -0.4 is 10.1 Å². The van der Waals surface area contributed by atoms with Gasteiger partial charge < -0.3 is 14.7 Å². The molecule has 2 heterocycles. The van der Waals surface area contributed by atoms with Gasteiger partial charge in [-0.15, -0.1) is 0 Å². The summed E-state index contributed by atoms with van der Waals surface area (Å²) in [5, 5.41) is 11.6. The summed E-state index contributed by atoms with van der Waals surface area (Å²) in [7, 11) is 0. The molecule has 1 unspecified atom stereocenters. The normalized spacial score (nSPS) is 19.0. The molecular formula is C20H18N2O5. The van der Waals surface area contributed by atoms with Gasteiger partial charge in [-0.25, -0.2) is 0 Å². The van der Waals surface area contributed by atoms with Crippen LogP contribution in [0.3, 0.4) is 0 Å². The molecule has 2 N–H and O–H groups in total. The highest BCUT2D eigenvalue weighted by Gasteiger charge is 2.39. The number of nitrogens with zero attached hydrogens (tertiary/aromatic N) is 1. The number of nitrogens with one attached hydrogen (secondary N) is 1. The van der Waals surface area contributed by atoms with Crippen molar-refractivity contribution in [2.45, 2.75) is 32.0 Å². The molecule has 0 spiro atoms. The summed E-state index contributed by atoms with van der Waals surface area (Å²) >= 11 is 0. The molecule has 1 fully saturated rings. The average Bonchev–Trinajstić information content (AvgIpc) is 2.97. The van der Waals surface area contributed by atoms with E-state index in [1.54, 1.807) is 36.4 Å². The lowest BCUT2D eigenvalue weighted by atomic mass is 10.0. The van der Waals surface area contributed by atoms with E-state index in [1.165, 1.54) is 4.90 Å². The number of imide groups is 1. The van der Waals surface area contributed by atoms with Crippen LogP contribution in [0.1, 0.15) is 34.3 Å². The first-order valence-corrected chi connectivity index (χ1v) is 8.69. The molecule has 0 aliphatic carbocycles. The van der Waals surface area contributed by atoms with Crippen molar-refractivity contribution >= 4 is 17.7 Å². The molecule has 1 saturated heterocycles. The lowest BCUT2D eigenvalue weighted by Gasteiger charge is -2.29. The van der Waals surface area contributed by atoms with Crippen LogP contribution >= 0.6 is 0 Å². The van der Waals surface area contributed by atoms with E-state index in [1.807, 2.05) is 6.07 Å². The highest BCUT2D eigenvalue weighted by Crippen LogP contribution is 2.30. The van der Waals surface area contributed by atoms with E-state index in [4.69, 9.17) is 4.74 Å². The maximum Gasteiger partial charge on any atom is 0.255 e. The summed E-state index contributed by atoms with van der Waals surface area (Å²) in [5.74, 6) is -0.202. The molecular weight excluding hydrogens is 348 g/mol. The zero-order valence-electron chi connectivity index (χ0n) is 14.5. The number of hydrogen-bond donors (Lipinski definition) is 2. The van der Waals surface area contributed by atoms with Gasteiger partial charge in [-0.2, -0.15) is 0 Å². The minimum atomic E-state index is -0.621. The predicted molar refractivity (Wildman–Crippen MR) is 94.9 cm³/mol. The number of phenols is 1. The van der Waals surface area contributed by atoms with Crippen LogP contribution in [0.2, 0.25) is 0 Å². The summed E-state index contributed by atoms with van der Waals surface area (Å²) in [6.07, 6.45) is 0.576. The minimum absolute atomic E-state index is 0.190. The number of ether oxygens (including phenoxy) is 1. The zero-order valence-corrected chi connectivity index (χ0v) is 14.5. The fraction of sp³-hybridized carbons (Fsp3) is 0.250. The molecule has 1 atom stereocenters. The Labute approximate surface area is 155 Å². The number of hydrogen-bond acceptors (Lipinski definition) is 5. The lowest BCUT2D eigenvalue weighted by Crippen LogP contribution is -2.52. The van der Waals surface area contributed by atoms with Gasteiger partial charge in [0.05, 0.1) is 0 Å². The summed E-state index contributed by atoms with van der Waals surface area (Å²) in [6.45, 7) is 0.656. The van der Waals surface area contributed by atoms with Crippen LogP contribution in [-0.4, -0.2) is 33.8 Å². The molecule has 7 nitrogen and oxygen atoms in total. The van der Waals surface area contributed by atoms with E-state index in [-0.39, 0.29) is 24.0 Å². The van der Waals surface area contributed by atoms with E-state index in [9.17, 15) is 19.5 Å². The van der Waals surface area contributed by atoms with Crippen molar-refractivity contribution in [3.05, 3.63) is 59.2 Å². The Hall–Kier alpha value is -3.35. The smallest absolute Gasteiger partial charge is 0.255 e. The molecule has 3 amide bonds. The molecule has 0 aromatic heterocycles. The summed E-state index contributed by atoms with van der Waals surface area (Å²) < 4.78 is 5.75. The third-order valence-electron chi connectivity index (χ3n) is 4.84. The van der Waals surface area contributed by atoms with E-state index < -0.39 is 11.9 Å². The summed E-state index contributed by atoms with van der Waals surface area (Å²) in [6, 6.07) is 11.4. The van der Waals surface area contributed by atoms with Gasteiger partial charge >= 0.3 is 0 Å². The first-order valence-electron chi connectivity index (χ1n) is 8.69. The molecule has 27 heavy (non-hydrogen) atoms. The van der Waals surface area contributed by atoms with Gasteiger partial charge in [0.25, 0.3) is 5.91 Å². The molecule has 138 valence electrons. The standard InChI is InChI=1S/C20H18N2O5/c23-14-4-1-12(2-5-14)11-27-15-6-3-13-10-22(20(26)16(13)9-15)17-7-8-18(24)21-19(17)25/h1-6,9,17,23H,7-8,10-11H2,(H,21,24,25). The highest BCUT2D eigenvalue weighted by molar-refractivity contribution is 6.05. The fourth-order valence-corrected chi connectivity index (χ4v) is 3.38. The van der Waals surface area contributed by atoms with Gasteiger partial charge in [0.15, 0.2) is 0 Å². The number of carbonyl (C=O) groups excluding carboxylic acids is 3. The number of carbonyl (C=O) groups is 3. The van der Waals surface area contributed by atoms with Crippen LogP contribution in [0, 0.1) is 0 Å². The Balaban J connectivity index is 1.47. The number of rotatable bonds is 4. The number of fused-ring (bicyclic) bond motifs is 1.